The van der Waals surface area contributed by atoms with E-state index in [2.05, 4.69) is 6.42 Å². The third-order valence-electron chi connectivity index (χ3n) is 2.70. The highest BCUT2D eigenvalue weighted by Gasteiger charge is 2.23. The second-order valence-electron chi connectivity index (χ2n) is 3.43. The zero-order valence-electron chi connectivity index (χ0n) is 6.53. The lowest BCUT2D eigenvalue weighted by Gasteiger charge is -2.15. The molecule has 0 aromatic rings. The van der Waals surface area contributed by atoms with Crippen LogP contribution in [0.5, 0.6) is 0 Å². The molecule has 0 spiro atoms. The second kappa shape index (κ2) is 2.69. The fourth-order valence-electron chi connectivity index (χ4n) is 2.11. The predicted molar refractivity (Wildman–Crippen MR) is 43.6 cm³/mol. The van der Waals surface area contributed by atoms with Crippen LogP contribution in [-0.2, 0) is 0 Å². The molecule has 2 aliphatic carbocycles. The minimum Gasteiger partial charge on any atom is -0.0436 e. The molecule has 0 saturated carbocycles. The van der Waals surface area contributed by atoms with Crippen molar-refractivity contribution in [3.8, 4) is 0 Å². The molecule has 0 aliphatic heterocycles. The van der Waals surface area contributed by atoms with Gasteiger partial charge in [-0.05, 0) is 19.3 Å². The summed E-state index contributed by atoms with van der Waals surface area (Å²) in [5.74, 6) is 0. The summed E-state index contributed by atoms with van der Waals surface area (Å²) in [5.41, 5.74) is 3.51. The van der Waals surface area contributed by atoms with Gasteiger partial charge in [-0.2, -0.15) is 0 Å². The fraction of sp³-hybridized carbons (Fsp3) is 0.700. The number of allylic oxidation sites excluding steroid dienone is 2. The lowest BCUT2D eigenvalue weighted by Crippen LogP contribution is -2.05. The van der Waals surface area contributed by atoms with E-state index in [9.17, 15) is 0 Å². The number of rotatable bonds is 0. The van der Waals surface area contributed by atoms with Gasteiger partial charge in [0.05, 0.1) is 5.57 Å². The molecule has 0 nitrogen and oxygen atoms in total. The average molecular weight is 135 g/mol. The highest BCUT2D eigenvalue weighted by atomic mass is 14.2. The topological polar surface area (TPSA) is 0 Å². The number of hydrogen-bond acceptors (Lipinski definition) is 0. The van der Waals surface area contributed by atoms with Crippen LogP contribution in [0.25, 0.3) is 0 Å². The van der Waals surface area contributed by atoms with Gasteiger partial charge in [0.25, 0.3) is 0 Å². The summed E-state index contributed by atoms with van der Waals surface area (Å²) in [6.45, 7) is 0. The molecule has 10 heavy (non-hydrogen) atoms. The number of hydrogen-bond donors (Lipinski definition) is 0. The Kier molecular flexibility index (Phi) is 1.70. The molecule has 0 atom stereocenters. The van der Waals surface area contributed by atoms with Gasteiger partial charge >= 0.3 is 0 Å². The molecule has 0 amide bonds. The van der Waals surface area contributed by atoms with Gasteiger partial charge in [-0.15, -0.1) is 0 Å². The maximum atomic E-state index is 2.47. The summed E-state index contributed by atoms with van der Waals surface area (Å²) in [7, 11) is 0. The molecule has 0 radical (unpaired) electrons. The molecule has 0 unspecified atom stereocenters. The Labute approximate surface area is 63.3 Å². The van der Waals surface area contributed by atoms with Crippen LogP contribution < -0.4 is 0 Å². The Bertz CT molecular complexity index is 119. The van der Waals surface area contributed by atoms with Crippen molar-refractivity contribution in [2.75, 3.05) is 0 Å². The first-order valence-electron chi connectivity index (χ1n) is 4.51. The Morgan fingerprint density at radius 2 is 1.70 bits per heavy atom. The Balaban J connectivity index is 2.14. The third kappa shape index (κ3) is 1.07. The monoisotopic (exact) mass is 135 g/mol. The lowest BCUT2D eigenvalue weighted by atomic mass is 9.82. The summed E-state index contributed by atoms with van der Waals surface area (Å²) in [5, 5.41) is 0. The predicted octanol–water partition coefficient (Wildman–Crippen LogP) is 3.25. The first-order chi connectivity index (χ1) is 4.97. The van der Waals surface area contributed by atoms with Crippen LogP contribution in [0, 0.1) is 6.42 Å². The first-order valence-corrected chi connectivity index (χ1v) is 4.51. The minimum atomic E-state index is 1.35. The lowest BCUT2D eigenvalue weighted by molar-refractivity contribution is 0.605. The van der Waals surface area contributed by atoms with Crippen molar-refractivity contribution in [3.63, 3.8) is 0 Å². The van der Waals surface area contributed by atoms with Crippen molar-refractivity contribution in [2.45, 2.75) is 44.9 Å². The van der Waals surface area contributed by atoms with E-state index in [0.29, 0.717) is 0 Å². The van der Waals surface area contributed by atoms with E-state index >= 15 is 0 Å². The summed E-state index contributed by atoms with van der Waals surface area (Å²) < 4.78 is 0. The quantitative estimate of drug-likeness (QED) is 0.447. The molecule has 54 valence electrons. The summed E-state index contributed by atoms with van der Waals surface area (Å²) in [4.78, 5) is 0. The fourth-order valence-corrected chi connectivity index (χ4v) is 2.11. The largest absolute Gasteiger partial charge is 0.105 e. The van der Waals surface area contributed by atoms with Crippen molar-refractivity contribution in [1.82, 2.24) is 0 Å². The van der Waals surface area contributed by atoms with Gasteiger partial charge in [0, 0.05) is 32.1 Å². The first kappa shape index (κ1) is 6.33. The van der Waals surface area contributed by atoms with Crippen molar-refractivity contribution < 1.29 is 0 Å². The molecule has 0 saturated heterocycles. The SMILES string of the molecule is [CH+]1CCCC2=C1CCCC2. The summed E-state index contributed by atoms with van der Waals surface area (Å²) in [6, 6.07) is 0. The molecule has 0 fully saturated rings. The average Bonchev–Trinajstić information content (AvgIpc) is 2.05. The van der Waals surface area contributed by atoms with Crippen LogP contribution in [0.4, 0.5) is 0 Å². The van der Waals surface area contributed by atoms with Crippen LogP contribution in [0.3, 0.4) is 0 Å². The van der Waals surface area contributed by atoms with E-state index < -0.39 is 0 Å². The molecule has 0 heterocycles. The normalized spacial score (nSPS) is 25.6. The smallest absolute Gasteiger partial charge is 0.0436 e. The van der Waals surface area contributed by atoms with Crippen LogP contribution in [0.1, 0.15) is 44.9 Å². The van der Waals surface area contributed by atoms with Gasteiger partial charge < -0.3 is 0 Å². The molecule has 2 aliphatic rings. The molecular weight excluding hydrogens is 120 g/mol. The minimum absolute atomic E-state index is 1.35. The zero-order chi connectivity index (χ0) is 6.81. The molecule has 0 N–H and O–H groups in total. The second-order valence-corrected chi connectivity index (χ2v) is 3.43. The van der Waals surface area contributed by atoms with E-state index in [1.165, 1.54) is 44.9 Å². The van der Waals surface area contributed by atoms with Gasteiger partial charge in [-0.1, -0.05) is 0 Å². The summed E-state index contributed by atoms with van der Waals surface area (Å²) >= 11 is 0. The molecule has 0 aromatic heterocycles. The molecule has 0 heteroatoms. The molecular formula is C10H15+. The summed E-state index contributed by atoms with van der Waals surface area (Å²) in [6.07, 6.45) is 12.3. The van der Waals surface area contributed by atoms with Gasteiger partial charge in [0.1, 0.15) is 5.57 Å². The highest BCUT2D eigenvalue weighted by molar-refractivity contribution is 5.26. The zero-order valence-corrected chi connectivity index (χ0v) is 6.53. The van der Waals surface area contributed by atoms with E-state index in [1.807, 2.05) is 0 Å². The van der Waals surface area contributed by atoms with Gasteiger partial charge in [-0.3, -0.25) is 0 Å². The standard InChI is InChI=1S/C10H15/c1-2-6-10-8-4-3-7-9(10)5-1/h5H,1-4,6-8H2/q+1. The molecule has 0 bridgehead atoms. The van der Waals surface area contributed by atoms with Crippen LogP contribution in [-0.4, -0.2) is 0 Å². The Hall–Kier alpha value is -0.390. The van der Waals surface area contributed by atoms with Crippen LogP contribution in [0.15, 0.2) is 11.1 Å². The van der Waals surface area contributed by atoms with Crippen LogP contribution in [0.2, 0.25) is 0 Å². The van der Waals surface area contributed by atoms with E-state index in [4.69, 9.17) is 0 Å². The van der Waals surface area contributed by atoms with Crippen molar-refractivity contribution >= 4 is 0 Å². The third-order valence-corrected chi connectivity index (χ3v) is 2.70. The van der Waals surface area contributed by atoms with Gasteiger partial charge in [0.15, 0.2) is 0 Å². The van der Waals surface area contributed by atoms with Crippen molar-refractivity contribution in [3.05, 3.63) is 17.6 Å². The van der Waals surface area contributed by atoms with Crippen molar-refractivity contribution in [2.24, 2.45) is 0 Å². The van der Waals surface area contributed by atoms with Crippen LogP contribution >= 0.6 is 0 Å². The maximum Gasteiger partial charge on any atom is 0.105 e. The highest BCUT2D eigenvalue weighted by Crippen LogP contribution is 2.34. The van der Waals surface area contributed by atoms with Gasteiger partial charge in [-0.25, -0.2) is 0 Å². The maximum absolute atomic E-state index is 2.47. The van der Waals surface area contributed by atoms with Gasteiger partial charge in [0.2, 0.25) is 0 Å². The Morgan fingerprint density at radius 1 is 0.900 bits per heavy atom. The van der Waals surface area contributed by atoms with E-state index in [-0.39, 0.29) is 0 Å². The Morgan fingerprint density at radius 3 is 2.60 bits per heavy atom. The molecule has 0 aromatic carbocycles. The van der Waals surface area contributed by atoms with E-state index in [1.54, 1.807) is 11.1 Å². The molecule has 2 rings (SSSR count). The van der Waals surface area contributed by atoms with E-state index in [0.717, 1.165) is 0 Å². The van der Waals surface area contributed by atoms with Crippen molar-refractivity contribution in [1.29, 1.82) is 0 Å².